The van der Waals surface area contributed by atoms with Gasteiger partial charge >= 0.3 is 0 Å². The number of rotatable bonds is 5. The summed E-state index contributed by atoms with van der Waals surface area (Å²) >= 11 is 0. The van der Waals surface area contributed by atoms with Crippen molar-refractivity contribution in [2.45, 2.75) is 32.2 Å². The van der Waals surface area contributed by atoms with Crippen LogP contribution in [-0.2, 0) is 11.2 Å². The first-order chi connectivity index (χ1) is 10.4. The number of nitrogens with zero attached hydrogens (tertiary/aromatic N) is 1. The van der Waals surface area contributed by atoms with E-state index in [1.165, 1.54) is 23.9 Å². The van der Waals surface area contributed by atoms with E-state index in [0.717, 1.165) is 31.7 Å². The highest BCUT2D eigenvalue weighted by atomic mass is 16.5. The van der Waals surface area contributed by atoms with Crippen molar-refractivity contribution in [3.8, 4) is 0 Å². The Balaban J connectivity index is 1.76. The van der Waals surface area contributed by atoms with E-state index in [1.807, 2.05) is 0 Å². The Morgan fingerprint density at radius 3 is 3.00 bits per heavy atom. The third-order valence-electron chi connectivity index (χ3n) is 4.32. The average molecular weight is 284 g/mol. The number of benzene rings is 1. The number of fused-ring (bicyclic) bond motifs is 1. The predicted octanol–water partition coefficient (Wildman–Crippen LogP) is 3.18. The normalized spacial score (nSPS) is 20.5. The molecule has 2 aromatic rings. The first-order valence-electron chi connectivity index (χ1n) is 8.02. The van der Waals surface area contributed by atoms with Crippen LogP contribution in [0.3, 0.4) is 0 Å². The molecule has 3 rings (SSSR count). The molecule has 0 bridgehead atoms. The molecule has 112 valence electrons. The van der Waals surface area contributed by atoms with Crippen LogP contribution in [0, 0.1) is 5.92 Å². The van der Waals surface area contributed by atoms with Crippen molar-refractivity contribution in [1.29, 1.82) is 0 Å². The molecule has 2 unspecified atom stereocenters. The number of aromatic nitrogens is 1. The van der Waals surface area contributed by atoms with Gasteiger partial charge in [-0.15, -0.1) is 0 Å². The van der Waals surface area contributed by atoms with Gasteiger partial charge in [-0.2, -0.15) is 0 Å². The molecule has 1 aromatic heterocycles. The number of nitrogens with one attached hydrogen (secondary N) is 1. The van der Waals surface area contributed by atoms with Crippen LogP contribution in [0.5, 0.6) is 0 Å². The number of likely N-dealkylation sites (N-methyl/N-ethyl adjacent to an activating group) is 1. The fourth-order valence-corrected chi connectivity index (χ4v) is 3.20. The van der Waals surface area contributed by atoms with Gasteiger partial charge in [0.1, 0.15) is 0 Å². The van der Waals surface area contributed by atoms with E-state index in [1.54, 1.807) is 0 Å². The zero-order chi connectivity index (χ0) is 14.5. The van der Waals surface area contributed by atoms with Crippen LogP contribution in [-0.4, -0.2) is 30.8 Å². The van der Waals surface area contributed by atoms with Crippen LogP contribution in [0.25, 0.3) is 10.9 Å². The molecule has 2 atom stereocenters. The molecule has 1 aromatic carbocycles. The number of hydrogen-bond acceptors (Lipinski definition) is 3. The fourth-order valence-electron chi connectivity index (χ4n) is 3.20. The van der Waals surface area contributed by atoms with Gasteiger partial charge < -0.3 is 10.1 Å². The Morgan fingerprint density at radius 2 is 2.19 bits per heavy atom. The summed E-state index contributed by atoms with van der Waals surface area (Å²) in [6, 6.07) is 13.1. The molecule has 0 aliphatic carbocycles. The molecule has 21 heavy (non-hydrogen) atoms. The maximum absolute atomic E-state index is 5.66. The highest BCUT2D eigenvalue weighted by Crippen LogP contribution is 2.21. The minimum Gasteiger partial charge on any atom is -0.381 e. The number of para-hydroxylation sites is 1. The summed E-state index contributed by atoms with van der Waals surface area (Å²) in [6.07, 6.45) is 3.41. The molecule has 3 nitrogen and oxygen atoms in total. The van der Waals surface area contributed by atoms with Crippen LogP contribution < -0.4 is 5.32 Å². The zero-order valence-electron chi connectivity index (χ0n) is 12.7. The third kappa shape index (κ3) is 3.60. The quantitative estimate of drug-likeness (QED) is 0.915. The Kier molecular flexibility index (Phi) is 4.84. The highest BCUT2D eigenvalue weighted by Gasteiger charge is 2.24. The third-order valence-corrected chi connectivity index (χ3v) is 4.32. The largest absolute Gasteiger partial charge is 0.381 e. The van der Waals surface area contributed by atoms with Crippen LogP contribution >= 0.6 is 0 Å². The summed E-state index contributed by atoms with van der Waals surface area (Å²) < 4.78 is 5.66. The standard InChI is InChI=1S/C18H24N2O/c1-2-19-18(15-7-5-11-21-13-15)12-16-10-9-14-6-3-4-8-17(14)20-16/h3-4,6,8-10,15,18-19H,2,5,7,11-13H2,1H3. The lowest BCUT2D eigenvalue weighted by Gasteiger charge is -2.30. The molecule has 3 heteroatoms. The van der Waals surface area contributed by atoms with E-state index >= 15 is 0 Å². The first-order valence-corrected chi connectivity index (χ1v) is 8.02. The Labute approximate surface area is 126 Å². The van der Waals surface area contributed by atoms with E-state index in [2.05, 4.69) is 48.6 Å². The van der Waals surface area contributed by atoms with Crippen molar-refractivity contribution < 1.29 is 4.74 Å². The second kappa shape index (κ2) is 7.01. The molecule has 1 saturated heterocycles. The lowest BCUT2D eigenvalue weighted by atomic mass is 9.90. The van der Waals surface area contributed by atoms with Gasteiger partial charge in [0.05, 0.1) is 12.1 Å². The number of ether oxygens (including phenoxy) is 1. The Hall–Kier alpha value is -1.45. The summed E-state index contributed by atoms with van der Waals surface area (Å²) in [7, 11) is 0. The molecule has 0 spiro atoms. The maximum atomic E-state index is 5.66. The van der Waals surface area contributed by atoms with E-state index in [9.17, 15) is 0 Å². The summed E-state index contributed by atoms with van der Waals surface area (Å²) in [5.41, 5.74) is 2.26. The van der Waals surface area contributed by atoms with Gasteiger partial charge in [-0.05, 0) is 37.4 Å². The van der Waals surface area contributed by atoms with Gasteiger partial charge in [0.2, 0.25) is 0 Å². The second-order valence-corrected chi connectivity index (χ2v) is 5.84. The summed E-state index contributed by atoms with van der Waals surface area (Å²) in [5.74, 6) is 0.604. The second-order valence-electron chi connectivity index (χ2n) is 5.84. The summed E-state index contributed by atoms with van der Waals surface area (Å²) in [5, 5.41) is 4.84. The van der Waals surface area contributed by atoms with Crippen LogP contribution in [0.2, 0.25) is 0 Å². The molecule has 1 fully saturated rings. The van der Waals surface area contributed by atoms with E-state index in [-0.39, 0.29) is 0 Å². The van der Waals surface area contributed by atoms with Gasteiger partial charge in [0.15, 0.2) is 0 Å². The molecule has 1 aliphatic rings. The highest BCUT2D eigenvalue weighted by molar-refractivity contribution is 5.78. The number of hydrogen-bond donors (Lipinski definition) is 1. The predicted molar refractivity (Wildman–Crippen MR) is 86.5 cm³/mol. The minimum absolute atomic E-state index is 0.462. The Bertz CT molecular complexity index is 578. The number of pyridine rings is 1. The zero-order valence-corrected chi connectivity index (χ0v) is 12.7. The molecule has 1 N–H and O–H groups in total. The summed E-state index contributed by atoms with van der Waals surface area (Å²) in [4.78, 5) is 4.81. The topological polar surface area (TPSA) is 34.2 Å². The van der Waals surface area contributed by atoms with Crippen molar-refractivity contribution in [2.24, 2.45) is 5.92 Å². The first kappa shape index (κ1) is 14.5. The van der Waals surface area contributed by atoms with Gasteiger partial charge in [-0.1, -0.05) is 31.2 Å². The van der Waals surface area contributed by atoms with E-state index < -0.39 is 0 Å². The van der Waals surface area contributed by atoms with Crippen molar-refractivity contribution in [2.75, 3.05) is 19.8 Å². The fraction of sp³-hybridized carbons (Fsp3) is 0.500. The average Bonchev–Trinajstić information content (AvgIpc) is 2.55. The van der Waals surface area contributed by atoms with Crippen molar-refractivity contribution in [3.63, 3.8) is 0 Å². The molecule has 0 radical (unpaired) electrons. The molecule has 1 aliphatic heterocycles. The van der Waals surface area contributed by atoms with Gasteiger partial charge in [0.25, 0.3) is 0 Å². The van der Waals surface area contributed by atoms with Crippen molar-refractivity contribution in [3.05, 3.63) is 42.1 Å². The lowest BCUT2D eigenvalue weighted by Crippen LogP contribution is -2.41. The minimum atomic E-state index is 0.462. The van der Waals surface area contributed by atoms with Gasteiger partial charge in [-0.3, -0.25) is 4.98 Å². The van der Waals surface area contributed by atoms with Gasteiger partial charge in [-0.25, -0.2) is 0 Å². The molecule has 2 heterocycles. The monoisotopic (exact) mass is 284 g/mol. The van der Waals surface area contributed by atoms with Crippen molar-refractivity contribution in [1.82, 2.24) is 10.3 Å². The Morgan fingerprint density at radius 1 is 1.29 bits per heavy atom. The molecule has 0 amide bonds. The van der Waals surface area contributed by atoms with E-state index in [0.29, 0.717) is 12.0 Å². The smallest absolute Gasteiger partial charge is 0.0705 e. The SMILES string of the molecule is CCNC(Cc1ccc2ccccc2n1)C1CCCOC1. The summed E-state index contributed by atoms with van der Waals surface area (Å²) in [6.45, 7) is 4.97. The maximum Gasteiger partial charge on any atom is 0.0705 e. The van der Waals surface area contributed by atoms with Crippen molar-refractivity contribution >= 4 is 10.9 Å². The van der Waals surface area contributed by atoms with Crippen LogP contribution in [0.1, 0.15) is 25.5 Å². The van der Waals surface area contributed by atoms with Crippen LogP contribution in [0.15, 0.2) is 36.4 Å². The van der Waals surface area contributed by atoms with Gasteiger partial charge in [0, 0.05) is 30.1 Å². The van der Waals surface area contributed by atoms with E-state index in [4.69, 9.17) is 9.72 Å². The molecular weight excluding hydrogens is 260 g/mol. The molecule has 0 saturated carbocycles. The molecular formula is C18H24N2O. The van der Waals surface area contributed by atoms with Crippen LogP contribution in [0.4, 0.5) is 0 Å². The lowest BCUT2D eigenvalue weighted by molar-refractivity contribution is 0.0394.